The van der Waals surface area contributed by atoms with Gasteiger partial charge in [0, 0.05) is 30.2 Å². The maximum atomic E-state index is 12.2. The molecule has 3 heteroatoms. The van der Waals surface area contributed by atoms with E-state index in [1.54, 1.807) is 30.3 Å². The summed E-state index contributed by atoms with van der Waals surface area (Å²) in [5.41, 5.74) is 2.38. The van der Waals surface area contributed by atoms with E-state index >= 15 is 0 Å². The third kappa shape index (κ3) is 2.50. The highest BCUT2D eigenvalue weighted by atomic mass is 16.2. The van der Waals surface area contributed by atoms with E-state index in [2.05, 4.69) is 4.98 Å². The summed E-state index contributed by atoms with van der Waals surface area (Å²) < 4.78 is 0. The average molecular weight is 226 g/mol. The lowest BCUT2D eigenvalue weighted by Gasteiger charge is -2.17. The molecule has 0 N–H and O–H groups in total. The second-order valence-corrected chi connectivity index (χ2v) is 3.89. The number of hydrogen-bond acceptors (Lipinski definition) is 2. The zero-order valence-electron chi connectivity index (χ0n) is 9.92. The lowest BCUT2D eigenvalue weighted by molar-refractivity contribution is 0.0993. The highest BCUT2D eigenvalue weighted by Crippen LogP contribution is 2.14. The molecule has 2 aromatic rings. The Kier molecular flexibility index (Phi) is 3.19. The molecule has 1 aromatic heterocycles. The minimum atomic E-state index is -0.0262. The van der Waals surface area contributed by atoms with Crippen molar-refractivity contribution in [3.8, 4) is 0 Å². The zero-order chi connectivity index (χ0) is 12.3. The number of para-hydroxylation sites is 1. The van der Waals surface area contributed by atoms with Crippen LogP contribution in [0.15, 0.2) is 48.7 Å². The van der Waals surface area contributed by atoms with E-state index in [0.29, 0.717) is 5.56 Å². The molecular formula is C14H14N2O. The highest BCUT2D eigenvalue weighted by molar-refractivity contribution is 6.05. The van der Waals surface area contributed by atoms with Gasteiger partial charge in [0.15, 0.2) is 0 Å². The van der Waals surface area contributed by atoms with Gasteiger partial charge in [-0.25, -0.2) is 0 Å². The minimum Gasteiger partial charge on any atom is -0.311 e. The average Bonchev–Trinajstić information content (AvgIpc) is 2.38. The first-order valence-corrected chi connectivity index (χ1v) is 5.44. The smallest absolute Gasteiger partial charge is 0.258 e. The van der Waals surface area contributed by atoms with Gasteiger partial charge < -0.3 is 4.90 Å². The van der Waals surface area contributed by atoms with E-state index in [-0.39, 0.29) is 5.91 Å². The number of hydrogen-bond donors (Lipinski definition) is 0. The van der Waals surface area contributed by atoms with Crippen LogP contribution in [-0.2, 0) is 0 Å². The number of nitrogens with zero attached hydrogens (tertiary/aromatic N) is 2. The van der Waals surface area contributed by atoms with Crippen molar-refractivity contribution in [3.63, 3.8) is 0 Å². The molecule has 17 heavy (non-hydrogen) atoms. The molecule has 0 fully saturated rings. The normalized spacial score (nSPS) is 10.0. The van der Waals surface area contributed by atoms with Crippen molar-refractivity contribution in [3.05, 3.63) is 59.9 Å². The van der Waals surface area contributed by atoms with Crippen molar-refractivity contribution in [2.24, 2.45) is 0 Å². The Hall–Kier alpha value is -2.16. The van der Waals surface area contributed by atoms with Crippen LogP contribution in [0.25, 0.3) is 0 Å². The zero-order valence-corrected chi connectivity index (χ0v) is 9.92. The molecule has 86 valence electrons. The Balaban J connectivity index is 2.27. The van der Waals surface area contributed by atoms with Gasteiger partial charge in [-0.05, 0) is 31.2 Å². The van der Waals surface area contributed by atoms with Gasteiger partial charge in [-0.15, -0.1) is 0 Å². The molecule has 0 aliphatic heterocycles. The number of anilines is 1. The number of carbonyl (C=O) groups excluding carboxylic acids is 1. The fourth-order valence-corrected chi connectivity index (χ4v) is 1.64. The maximum Gasteiger partial charge on any atom is 0.258 e. The summed E-state index contributed by atoms with van der Waals surface area (Å²) in [6, 6.07) is 13.1. The molecule has 0 aliphatic carbocycles. The van der Waals surface area contributed by atoms with Crippen molar-refractivity contribution in [2.45, 2.75) is 6.92 Å². The summed E-state index contributed by atoms with van der Waals surface area (Å²) >= 11 is 0. The van der Waals surface area contributed by atoms with Crippen LogP contribution in [0.2, 0.25) is 0 Å². The number of rotatable bonds is 2. The predicted molar refractivity (Wildman–Crippen MR) is 68.1 cm³/mol. The Morgan fingerprint density at radius 3 is 2.53 bits per heavy atom. The summed E-state index contributed by atoms with van der Waals surface area (Å²) in [6.45, 7) is 1.87. The van der Waals surface area contributed by atoms with Crippen LogP contribution in [0, 0.1) is 6.92 Å². The number of aryl methyl sites for hydroxylation is 1. The van der Waals surface area contributed by atoms with Crippen molar-refractivity contribution in [2.75, 3.05) is 11.9 Å². The standard InChI is InChI=1S/C14H14N2O/c1-11-10-12(8-9-15-11)14(17)16(2)13-6-4-3-5-7-13/h3-10H,1-2H3. The van der Waals surface area contributed by atoms with Gasteiger partial charge in [0.2, 0.25) is 0 Å². The van der Waals surface area contributed by atoms with Gasteiger partial charge in [-0.2, -0.15) is 0 Å². The van der Waals surface area contributed by atoms with Gasteiger partial charge in [-0.1, -0.05) is 18.2 Å². The summed E-state index contributed by atoms with van der Waals surface area (Å²) in [7, 11) is 1.77. The summed E-state index contributed by atoms with van der Waals surface area (Å²) in [4.78, 5) is 17.9. The highest BCUT2D eigenvalue weighted by Gasteiger charge is 2.12. The molecule has 2 rings (SSSR count). The van der Waals surface area contributed by atoms with Gasteiger partial charge in [0.1, 0.15) is 0 Å². The lowest BCUT2D eigenvalue weighted by atomic mass is 10.2. The first-order chi connectivity index (χ1) is 8.18. The Bertz CT molecular complexity index is 523. The topological polar surface area (TPSA) is 33.2 Å². The lowest BCUT2D eigenvalue weighted by Crippen LogP contribution is -2.26. The first-order valence-electron chi connectivity index (χ1n) is 5.44. The van der Waals surface area contributed by atoms with Crippen LogP contribution in [0.5, 0.6) is 0 Å². The fourth-order valence-electron chi connectivity index (χ4n) is 1.64. The third-order valence-electron chi connectivity index (χ3n) is 2.59. The van der Waals surface area contributed by atoms with Crippen molar-refractivity contribution in [1.82, 2.24) is 4.98 Å². The summed E-state index contributed by atoms with van der Waals surface area (Å²) in [6.07, 6.45) is 1.65. The monoisotopic (exact) mass is 226 g/mol. The molecule has 0 radical (unpaired) electrons. The Labute approximate surface area is 101 Å². The van der Waals surface area contributed by atoms with Crippen molar-refractivity contribution >= 4 is 11.6 Å². The van der Waals surface area contributed by atoms with Crippen molar-refractivity contribution < 1.29 is 4.79 Å². The van der Waals surface area contributed by atoms with Crippen LogP contribution in [0.3, 0.4) is 0 Å². The molecule has 0 atom stereocenters. The van der Waals surface area contributed by atoms with Crippen LogP contribution in [0.4, 0.5) is 5.69 Å². The fraction of sp³-hybridized carbons (Fsp3) is 0.143. The Morgan fingerprint density at radius 2 is 1.88 bits per heavy atom. The second-order valence-electron chi connectivity index (χ2n) is 3.89. The molecule has 1 amide bonds. The number of benzene rings is 1. The van der Waals surface area contributed by atoms with Crippen molar-refractivity contribution in [1.29, 1.82) is 0 Å². The summed E-state index contributed by atoms with van der Waals surface area (Å²) in [5.74, 6) is -0.0262. The molecule has 0 saturated carbocycles. The quantitative estimate of drug-likeness (QED) is 0.788. The molecule has 0 unspecified atom stereocenters. The Morgan fingerprint density at radius 1 is 1.18 bits per heavy atom. The number of carbonyl (C=O) groups is 1. The predicted octanol–water partition coefficient (Wildman–Crippen LogP) is 2.67. The SMILES string of the molecule is Cc1cc(C(=O)N(C)c2ccccc2)ccn1. The van der Waals surface area contributed by atoms with E-state index < -0.39 is 0 Å². The number of pyridine rings is 1. The molecule has 0 bridgehead atoms. The molecule has 3 nitrogen and oxygen atoms in total. The van der Waals surface area contributed by atoms with Gasteiger partial charge in [0.05, 0.1) is 0 Å². The second kappa shape index (κ2) is 4.78. The third-order valence-corrected chi connectivity index (χ3v) is 2.59. The van der Waals surface area contributed by atoms with E-state index in [1.165, 1.54) is 0 Å². The van der Waals surface area contributed by atoms with E-state index in [9.17, 15) is 4.79 Å². The minimum absolute atomic E-state index is 0.0262. The molecule has 0 aliphatic rings. The molecule has 1 aromatic carbocycles. The first kappa shape index (κ1) is 11.3. The van der Waals surface area contributed by atoms with E-state index in [0.717, 1.165) is 11.4 Å². The van der Waals surface area contributed by atoms with Crippen LogP contribution >= 0.6 is 0 Å². The van der Waals surface area contributed by atoms with Crippen LogP contribution in [-0.4, -0.2) is 17.9 Å². The number of aromatic nitrogens is 1. The van der Waals surface area contributed by atoms with E-state index in [4.69, 9.17) is 0 Å². The molecule has 1 heterocycles. The maximum absolute atomic E-state index is 12.2. The molecular weight excluding hydrogens is 212 g/mol. The number of amides is 1. The van der Waals surface area contributed by atoms with E-state index in [1.807, 2.05) is 37.3 Å². The largest absolute Gasteiger partial charge is 0.311 e. The molecule has 0 spiro atoms. The van der Waals surface area contributed by atoms with Gasteiger partial charge in [0.25, 0.3) is 5.91 Å². The van der Waals surface area contributed by atoms with Crippen LogP contribution < -0.4 is 4.90 Å². The van der Waals surface area contributed by atoms with Gasteiger partial charge in [-0.3, -0.25) is 9.78 Å². The van der Waals surface area contributed by atoms with Crippen LogP contribution in [0.1, 0.15) is 16.1 Å². The van der Waals surface area contributed by atoms with Gasteiger partial charge >= 0.3 is 0 Å². The summed E-state index contributed by atoms with van der Waals surface area (Å²) in [5, 5.41) is 0. The molecule has 0 saturated heterocycles.